The van der Waals surface area contributed by atoms with E-state index in [0.717, 1.165) is 11.3 Å². The zero-order valence-corrected chi connectivity index (χ0v) is 8.31. The summed E-state index contributed by atoms with van der Waals surface area (Å²) in [5.74, 6) is 0.483. The molecule has 0 amide bonds. The quantitative estimate of drug-likeness (QED) is 0.757. The Morgan fingerprint density at radius 2 is 2.20 bits per heavy atom. The molecule has 15 heavy (non-hydrogen) atoms. The summed E-state index contributed by atoms with van der Waals surface area (Å²) >= 11 is 0. The Bertz CT molecular complexity index is 534. The molecule has 0 bridgehead atoms. The predicted octanol–water partition coefficient (Wildman–Crippen LogP) is 1.63. The normalized spacial score (nSPS) is 9.87. The minimum absolute atomic E-state index is 0.483. The van der Waals surface area contributed by atoms with Crippen molar-refractivity contribution in [2.75, 3.05) is 5.73 Å². The van der Waals surface area contributed by atoms with Gasteiger partial charge in [-0.05, 0) is 30.7 Å². The van der Waals surface area contributed by atoms with E-state index >= 15 is 0 Å². The maximum atomic E-state index is 8.79. The Hall–Kier alpha value is -2.28. The second-order valence-electron chi connectivity index (χ2n) is 3.30. The van der Waals surface area contributed by atoms with Crippen LogP contribution in [0.4, 0.5) is 5.82 Å². The maximum Gasteiger partial charge on any atom is 0.145 e. The van der Waals surface area contributed by atoms with Gasteiger partial charge in [0.1, 0.15) is 5.82 Å². The van der Waals surface area contributed by atoms with Gasteiger partial charge in [-0.25, -0.2) is 4.68 Å². The highest BCUT2D eigenvalue weighted by molar-refractivity contribution is 5.45. The molecule has 0 aliphatic rings. The summed E-state index contributed by atoms with van der Waals surface area (Å²) in [6, 6.07) is 9.39. The van der Waals surface area contributed by atoms with Gasteiger partial charge in [0, 0.05) is 12.3 Å². The minimum atomic E-state index is 0.483. The van der Waals surface area contributed by atoms with Gasteiger partial charge in [-0.3, -0.25) is 0 Å². The van der Waals surface area contributed by atoms with Crippen LogP contribution < -0.4 is 5.73 Å². The first-order valence-electron chi connectivity index (χ1n) is 4.53. The maximum absolute atomic E-state index is 8.79. The van der Waals surface area contributed by atoms with Crippen molar-refractivity contribution in [3.05, 3.63) is 41.6 Å². The molecule has 74 valence electrons. The molecule has 2 rings (SSSR count). The van der Waals surface area contributed by atoms with Crippen LogP contribution in [0.15, 0.2) is 30.5 Å². The topological polar surface area (TPSA) is 67.6 Å². The number of nitrogens with two attached hydrogens (primary N) is 1. The lowest BCUT2D eigenvalue weighted by Crippen LogP contribution is -1.97. The molecule has 0 spiro atoms. The number of anilines is 1. The Balaban J connectivity index is 2.48. The number of hydrogen-bond acceptors (Lipinski definition) is 3. The van der Waals surface area contributed by atoms with E-state index in [1.54, 1.807) is 23.0 Å². The first-order chi connectivity index (χ1) is 7.20. The molecule has 2 aromatic rings. The first kappa shape index (κ1) is 9.28. The molecule has 2 N–H and O–H groups in total. The molecule has 0 aliphatic heterocycles. The molecule has 0 aliphatic carbocycles. The van der Waals surface area contributed by atoms with E-state index in [4.69, 9.17) is 11.0 Å². The van der Waals surface area contributed by atoms with E-state index in [2.05, 4.69) is 11.2 Å². The van der Waals surface area contributed by atoms with Crippen molar-refractivity contribution in [2.24, 2.45) is 0 Å². The van der Waals surface area contributed by atoms with Gasteiger partial charge in [-0.1, -0.05) is 0 Å². The van der Waals surface area contributed by atoms with Crippen LogP contribution in [-0.4, -0.2) is 9.78 Å². The van der Waals surface area contributed by atoms with Crippen molar-refractivity contribution < 1.29 is 0 Å². The van der Waals surface area contributed by atoms with Gasteiger partial charge in [0.15, 0.2) is 0 Å². The van der Waals surface area contributed by atoms with Crippen molar-refractivity contribution >= 4 is 5.82 Å². The fraction of sp³-hybridized carbons (Fsp3) is 0.0909. The van der Waals surface area contributed by atoms with E-state index < -0.39 is 0 Å². The van der Waals surface area contributed by atoms with E-state index in [0.29, 0.717) is 11.4 Å². The van der Waals surface area contributed by atoms with Gasteiger partial charge in [0.05, 0.1) is 17.3 Å². The Labute approximate surface area is 87.6 Å². The molecule has 4 nitrogen and oxygen atoms in total. The number of rotatable bonds is 1. The molecule has 0 unspecified atom stereocenters. The summed E-state index contributed by atoms with van der Waals surface area (Å²) in [6.45, 7) is 1.90. The van der Waals surface area contributed by atoms with Crippen molar-refractivity contribution in [3.8, 4) is 11.8 Å². The van der Waals surface area contributed by atoms with Gasteiger partial charge in [0.2, 0.25) is 0 Å². The summed E-state index contributed by atoms with van der Waals surface area (Å²) in [4.78, 5) is 0. The average Bonchev–Trinajstić information content (AvgIpc) is 2.65. The van der Waals surface area contributed by atoms with E-state index in [-0.39, 0.29) is 0 Å². The van der Waals surface area contributed by atoms with Crippen LogP contribution in [0.25, 0.3) is 5.69 Å². The number of nitrogens with zero attached hydrogens (tertiary/aromatic N) is 3. The highest BCUT2D eigenvalue weighted by atomic mass is 15.3. The molecule has 1 heterocycles. The van der Waals surface area contributed by atoms with Crippen LogP contribution in [0, 0.1) is 18.3 Å². The first-order valence-corrected chi connectivity index (χ1v) is 4.53. The van der Waals surface area contributed by atoms with Gasteiger partial charge in [-0.2, -0.15) is 10.4 Å². The third-order valence-corrected chi connectivity index (χ3v) is 2.20. The summed E-state index contributed by atoms with van der Waals surface area (Å²) in [5, 5.41) is 12.9. The molecule has 0 radical (unpaired) electrons. The number of nitriles is 1. The van der Waals surface area contributed by atoms with Crippen molar-refractivity contribution in [3.63, 3.8) is 0 Å². The summed E-state index contributed by atoms with van der Waals surface area (Å²) in [7, 11) is 0. The lowest BCUT2D eigenvalue weighted by atomic mass is 10.1. The van der Waals surface area contributed by atoms with Crippen LogP contribution in [0.1, 0.15) is 11.1 Å². The predicted molar refractivity (Wildman–Crippen MR) is 57.4 cm³/mol. The van der Waals surface area contributed by atoms with E-state index in [9.17, 15) is 0 Å². The Morgan fingerprint density at radius 3 is 2.73 bits per heavy atom. The fourth-order valence-corrected chi connectivity index (χ4v) is 1.40. The number of aryl methyl sites for hydroxylation is 1. The number of hydrogen-bond donors (Lipinski definition) is 1. The lowest BCUT2D eigenvalue weighted by molar-refractivity contribution is 0.884. The van der Waals surface area contributed by atoms with Gasteiger partial charge >= 0.3 is 0 Å². The highest BCUT2D eigenvalue weighted by Gasteiger charge is 2.01. The van der Waals surface area contributed by atoms with Crippen LogP contribution >= 0.6 is 0 Å². The molecule has 1 aromatic heterocycles. The number of nitrogen functional groups attached to an aromatic ring is 1. The van der Waals surface area contributed by atoms with Crippen LogP contribution in [0.5, 0.6) is 0 Å². The standard InChI is InChI=1S/C11H10N4/c1-8-6-10(3-2-9(8)7-12)15-5-4-11(13)14-15/h2-6H,1H3,(H2,13,14). The summed E-state index contributed by atoms with van der Waals surface area (Å²) < 4.78 is 1.68. The molecular formula is C11H10N4. The van der Waals surface area contributed by atoms with Gasteiger partial charge in [0.25, 0.3) is 0 Å². The molecule has 0 fully saturated rings. The molecule has 0 saturated carbocycles. The highest BCUT2D eigenvalue weighted by Crippen LogP contribution is 2.14. The summed E-state index contributed by atoms with van der Waals surface area (Å²) in [5.41, 5.74) is 8.05. The van der Waals surface area contributed by atoms with Crippen molar-refractivity contribution in [1.29, 1.82) is 5.26 Å². The molecule has 4 heteroatoms. The smallest absolute Gasteiger partial charge is 0.145 e. The third kappa shape index (κ3) is 1.67. The largest absolute Gasteiger partial charge is 0.382 e. The van der Waals surface area contributed by atoms with E-state index in [1.165, 1.54) is 0 Å². The summed E-state index contributed by atoms with van der Waals surface area (Å²) in [6.07, 6.45) is 1.79. The van der Waals surface area contributed by atoms with Gasteiger partial charge in [-0.15, -0.1) is 0 Å². The van der Waals surface area contributed by atoms with Crippen LogP contribution in [0.3, 0.4) is 0 Å². The second-order valence-corrected chi connectivity index (χ2v) is 3.30. The Kier molecular flexibility index (Phi) is 2.14. The number of aromatic nitrogens is 2. The van der Waals surface area contributed by atoms with E-state index in [1.807, 2.05) is 19.1 Å². The molecular weight excluding hydrogens is 188 g/mol. The second kappa shape index (κ2) is 3.46. The zero-order valence-electron chi connectivity index (χ0n) is 8.31. The average molecular weight is 198 g/mol. The zero-order chi connectivity index (χ0) is 10.8. The number of benzene rings is 1. The van der Waals surface area contributed by atoms with Gasteiger partial charge < -0.3 is 5.73 Å². The monoisotopic (exact) mass is 198 g/mol. The van der Waals surface area contributed by atoms with Crippen LogP contribution in [0.2, 0.25) is 0 Å². The SMILES string of the molecule is Cc1cc(-n2ccc(N)n2)ccc1C#N. The van der Waals surface area contributed by atoms with Crippen LogP contribution in [-0.2, 0) is 0 Å². The third-order valence-electron chi connectivity index (χ3n) is 2.20. The van der Waals surface area contributed by atoms with Crippen molar-refractivity contribution in [2.45, 2.75) is 6.92 Å². The minimum Gasteiger partial charge on any atom is -0.382 e. The van der Waals surface area contributed by atoms with Crippen molar-refractivity contribution in [1.82, 2.24) is 9.78 Å². The Morgan fingerprint density at radius 1 is 1.40 bits per heavy atom. The lowest BCUT2D eigenvalue weighted by Gasteiger charge is -2.03. The molecule has 0 atom stereocenters. The molecule has 0 saturated heterocycles. The fourth-order valence-electron chi connectivity index (χ4n) is 1.40. The molecule has 1 aromatic carbocycles.